The SMILES string of the molecule is CC(=O)OC1CC[C@@]2(C)C(C1)CC(OC(C)=O)[C@H]1[C@@H]3CCC(OC(C)=O)[C@@]3(C)C(OC(C)=O)C[C@@H]12. The molecule has 0 aromatic rings. The standard InChI is InChI=1S/C27H40O8/c1-14(28)32-19-9-10-26(5)18(11-19)12-22(33-15(2)29)25-20-7-8-23(34-16(3)30)27(20,6)24(13-21(25)26)35-17(4)31/h18-25H,7-13H2,1-6H3/t18?,19?,20-,21-,22?,23?,24?,25-,26-,27-/m0/s1. The van der Waals surface area contributed by atoms with Gasteiger partial charge in [-0.05, 0) is 68.1 Å². The lowest BCUT2D eigenvalue weighted by Crippen LogP contribution is -2.64. The molecule has 196 valence electrons. The quantitative estimate of drug-likeness (QED) is 0.429. The van der Waals surface area contributed by atoms with Gasteiger partial charge in [-0.3, -0.25) is 19.2 Å². The van der Waals surface area contributed by atoms with Gasteiger partial charge in [-0.15, -0.1) is 0 Å². The number of ether oxygens (including phenoxy) is 4. The summed E-state index contributed by atoms with van der Waals surface area (Å²) in [5.74, 6) is -0.684. The van der Waals surface area contributed by atoms with Crippen LogP contribution in [0.5, 0.6) is 0 Å². The highest BCUT2D eigenvalue weighted by Crippen LogP contribution is 2.67. The Kier molecular flexibility index (Phi) is 6.97. The number of esters is 4. The molecule has 4 saturated carbocycles. The largest absolute Gasteiger partial charge is 0.463 e. The fourth-order valence-electron chi connectivity index (χ4n) is 8.51. The van der Waals surface area contributed by atoms with Gasteiger partial charge in [0.05, 0.1) is 0 Å². The molecule has 0 N–H and O–H groups in total. The molecule has 5 unspecified atom stereocenters. The van der Waals surface area contributed by atoms with E-state index in [-0.39, 0.29) is 71.3 Å². The molecule has 4 aliphatic rings. The smallest absolute Gasteiger partial charge is 0.302 e. The number of hydrogen-bond acceptors (Lipinski definition) is 8. The summed E-state index contributed by atoms with van der Waals surface area (Å²) in [6.07, 6.45) is 4.17. The number of fused-ring (bicyclic) bond motifs is 5. The first-order chi connectivity index (χ1) is 16.4. The molecule has 0 saturated heterocycles. The van der Waals surface area contributed by atoms with Gasteiger partial charge in [0, 0.05) is 39.0 Å². The zero-order valence-corrected chi connectivity index (χ0v) is 21.8. The van der Waals surface area contributed by atoms with Crippen molar-refractivity contribution >= 4 is 23.9 Å². The summed E-state index contributed by atoms with van der Waals surface area (Å²) >= 11 is 0. The van der Waals surface area contributed by atoms with Crippen molar-refractivity contribution in [1.29, 1.82) is 0 Å². The molecule has 0 bridgehead atoms. The first-order valence-electron chi connectivity index (χ1n) is 13.0. The van der Waals surface area contributed by atoms with E-state index < -0.39 is 11.5 Å². The Morgan fingerprint density at radius 1 is 0.657 bits per heavy atom. The summed E-state index contributed by atoms with van der Waals surface area (Å²) < 4.78 is 23.3. The zero-order valence-electron chi connectivity index (χ0n) is 21.8. The van der Waals surface area contributed by atoms with Gasteiger partial charge in [0.15, 0.2) is 0 Å². The minimum atomic E-state index is -0.547. The van der Waals surface area contributed by atoms with E-state index in [0.29, 0.717) is 12.8 Å². The molecule has 4 aliphatic carbocycles. The Balaban J connectivity index is 1.73. The van der Waals surface area contributed by atoms with E-state index in [1.54, 1.807) is 0 Å². The van der Waals surface area contributed by atoms with E-state index in [4.69, 9.17) is 18.9 Å². The monoisotopic (exact) mass is 492 g/mol. The summed E-state index contributed by atoms with van der Waals surface area (Å²) in [5.41, 5.74) is -0.605. The highest BCUT2D eigenvalue weighted by Gasteiger charge is 2.68. The fourth-order valence-corrected chi connectivity index (χ4v) is 8.51. The lowest BCUT2D eigenvalue weighted by Gasteiger charge is -2.63. The Morgan fingerprint density at radius 2 is 1.26 bits per heavy atom. The van der Waals surface area contributed by atoms with Crippen LogP contribution < -0.4 is 0 Å². The van der Waals surface area contributed by atoms with Crippen LogP contribution in [0.4, 0.5) is 0 Å². The summed E-state index contributed by atoms with van der Waals surface area (Å²) in [4.78, 5) is 48.0. The molecule has 0 radical (unpaired) electrons. The molecule has 0 aromatic carbocycles. The second kappa shape index (κ2) is 9.40. The maximum atomic E-state index is 12.2. The van der Waals surface area contributed by atoms with Crippen molar-refractivity contribution in [2.24, 2.45) is 34.5 Å². The van der Waals surface area contributed by atoms with Crippen LogP contribution in [0.2, 0.25) is 0 Å². The Bertz CT molecular complexity index is 884. The minimum absolute atomic E-state index is 0.0583. The van der Waals surface area contributed by atoms with E-state index in [1.807, 2.05) is 0 Å². The van der Waals surface area contributed by atoms with Gasteiger partial charge in [-0.2, -0.15) is 0 Å². The van der Waals surface area contributed by atoms with Crippen molar-refractivity contribution in [2.45, 2.75) is 111 Å². The molecule has 0 heterocycles. The van der Waals surface area contributed by atoms with Gasteiger partial charge in [-0.25, -0.2) is 0 Å². The average molecular weight is 493 g/mol. The first kappa shape index (κ1) is 26.0. The lowest BCUT2D eigenvalue weighted by atomic mass is 9.43. The van der Waals surface area contributed by atoms with Gasteiger partial charge in [0.25, 0.3) is 0 Å². The number of carbonyl (C=O) groups excluding carboxylic acids is 4. The van der Waals surface area contributed by atoms with Gasteiger partial charge in [0.2, 0.25) is 0 Å². The molecular weight excluding hydrogens is 452 g/mol. The minimum Gasteiger partial charge on any atom is -0.463 e. The van der Waals surface area contributed by atoms with E-state index >= 15 is 0 Å². The Morgan fingerprint density at radius 3 is 1.86 bits per heavy atom. The van der Waals surface area contributed by atoms with Crippen molar-refractivity contribution in [3.05, 3.63) is 0 Å². The van der Waals surface area contributed by atoms with Gasteiger partial charge >= 0.3 is 23.9 Å². The van der Waals surface area contributed by atoms with Crippen LogP contribution in [0.25, 0.3) is 0 Å². The molecule has 4 rings (SSSR count). The molecule has 8 nitrogen and oxygen atoms in total. The molecule has 4 fully saturated rings. The maximum Gasteiger partial charge on any atom is 0.302 e. The van der Waals surface area contributed by atoms with Crippen molar-refractivity contribution in [3.8, 4) is 0 Å². The zero-order chi connectivity index (χ0) is 25.7. The predicted molar refractivity (Wildman–Crippen MR) is 125 cm³/mol. The highest BCUT2D eigenvalue weighted by atomic mass is 16.6. The van der Waals surface area contributed by atoms with Crippen LogP contribution in [-0.2, 0) is 38.1 Å². The van der Waals surface area contributed by atoms with E-state index in [1.165, 1.54) is 27.7 Å². The summed E-state index contributed by atoms with van der Waals surface area (Å²) in [7, 11) is 0. The molecule has 0 aliphatic heterocycles. The Hall–Kier alpha value is -2.12. The topological polar surface area (TPSA) is 105 Å². The average Bonchev–Trinajstić information content (AvgIpc) is 3.05. The van der Waals surface area contributed by atoms with Gasteiger partial charge in [0.1, 0.15) is 24.4 Å². The molecule has 0 spiro atoms. The van der Waals surface area contributed by atoms with Crippen molar-refractivity contribution in [1.82, 2.24) is 0 Å². The normalized spacial score (nSPS) is 44.2. The molecule has 10 atom stereocenters. The van der Waals surface area contributed by atoms with Crippen molar-refractivity contribution in [3.63, 3.8) is 0 Å². The summed E-state index contributed by atoms with van der Waals surface area (Å²) in [6.45, 7) is 10.1. The van der Waals surface area contributed by atoms with Crippen molar-refractivity contribution < 1.29 is 38.1 Å². The number of hydrogen-bond donors (Lipinski definition) is 0. The second-order valence-electron chi connectivity index (χ2n) is 11.8. The van der Waals surface area contributed by atoms with Crippen LogP contribution in [0.1, 0.15) is 86.5 Å². The highest BCUT2D eigenvalue weighted by molar-refractivity contribution is 5.67. The van der Waals surface area contributed by atoms with Crippen LogP contribution in [0.3, 0.4) is 0 Å². The third-order valence-electron chi connectivity index (χ3n) is 9.87. The van der Waals surface area contributed by atoms with E-state index in [2.05, 4.69) is 13.8 Å². The van der Waals surface area contributed by atoms with Crippen LogP contribution in [0, 0.1) is 34.5 Å². The molecular formula is C27H40O8. The van der Waals surface area contributed by atoms with E-state index in [9.17, 15) is 19.2 Å². The van der Waals surface area contributed by atoms with Crippen molar-refractivity contribution in [2.75, 3.05) is 0 Å². The molecule has 35 heavy (non-hydrogen) atoms. The first-order valence-corrected chi connectivity index (χ1v) is 13.0. The fraction of sp³-hybridized carbons (Fsp3) is 0.852. The molecule has 8 heteroatoms. The van der Waals surface area contributed by atoms with Crippen LogP contribution in [0.15, 0.2) is 0 Å². The second-order valence-corrected chi connectivity index (χ2v) is 11.8. The summed E-state index contributed by atoms with van der Waals surface area (Å²) in [5, 5.41) is 0. The van der Waals surface area contributed by atoms with Crippen LogP contribution in [-0.4, -0.2) is 48.3 Å². The Labute approximate surface area is 207 Å². The van der Waals surface area contributed by atoms with Gasteiger partial charge < -0.3 is 18.9 Å². The predicted octanol–water partition coefficient (Wildman–Crippen LogP) is 3.98. The van der Waals surface area contributed by atoms with Gasteiger partial charge in [-0.1, -0.05) is 13.8 Å². The summed E-state index contributed by atoms with van der Waals surface area (Å²) in [6, 6.07) is 0. The maximum absolute atomic E-state index is 12.2. The van der Waals surface area contributed by atoms with E-state index in [0.717, 1.165) is 32.1 Å². The molecule has 0 amide bonds. The number of carbonyl (C=O) groups is 4. The third-order valence-corrected chi connectivity index (χ3v) is 9.87. The van der Waals surface area contributed by atoms with Crippen LogP contribution >= 0.6 is 0 Å². The lowest BCUT2D eigenvalue weighted by molar-refractivity contribution is -0.229. The molecule has 0 aromatic heterocycles. The number of rotatable bonds is 4. The third kappa shape index (κ3) is 4.57.